The van der Waals surface area contributed by atoms with E-state index in [1.54, 1.807) is 0 Å². The van der Waals surface area contributed by atoms with Crippen LogP contribution in [0.15, 0.2) is 6.20 Å². The number of amides is 1. The van der Waals surface area contributed by atoms with E-state index < -0.39 is 0 Å². The molecule has 1 fully saturated rings. The first kappa shape index (κ1) is 17.7. The predicted octanol–water partition coefficient (Wildman–Crippen LogP) is 3.39. The fourth-order valence-electron chi connectivity index (χ4n) is 2.95. The fourth-order valence-corrected chi connectivity index (χ4v) is 2.95. The van der Waals surface area contributed by atoms with Crippen molar-refractivity contribution in [3.05, 3.63) is 17.5 Å². The summed E-state index contributed by atoms with van der Waals surface area (Å²) in [5.41, 5.74) is 1.95. The molecule has 2 heterocycles. The van der Waals surface area contributed by atoms with Crippen LogP contribution in [-0.4, -0.2) is 29.0 Å². The van der Waals surface area contributed by atoms with Crippen LogP contribution in [0.25, 0.3) is 0 Å². The van der Waals surface area contributed by atoms with Gasteiger partial charge in [-0.05, 0) is 26.7 Å². The third-order valence-electron chi connectivity index (χ3n) is 4.49. The Balaban J connectivity index is 2.08. The Kier molecular flexibility index (Phi) is 6.37. The maximum Gasteiger partial charge on any atom is 0.225 e. The number of anilines is 1. The molecule has 1 aromatic heterocycles. The number of nitrogens with zero attached hydrogens (tertiary/aromatic N) is 3. The van der Waals surface area contributed by atoms with Gasteiger partial charge in [0.05, 0.1) is 6.04 Å². The van der Waals surface area contributed by atoms with Crippen LogP contribution in [0.4, 0.5) is 5.95 Å². The van der Waals surface area contributed by atoms with Crippen LogP contribution in [0.1, 0.15) is 70.2 Å². The molecule has 1 aliphatic heterocycles. The Morgan fingerprint density at radius 2 is 1.74 bits per heavy atom. The number of nitrogens with one attached hydrogen (secondary N) is 1. The maximum atomic E-state index is 11.9. The number of hydrogen-bond donors (Lipinski definition) is 1. The van der Waals surface area contributed by atoms with E-state index >= 15 is 0 Å². The van der Waals surface area contributed by atoms with Crippen LogP contribution in [0.5, 0.6) is 0 Å². The molecule has 1 aliphatic rings. The topological polar surface area (TPSA) is 58.1 Å². The molecule has 0 spiro atoms. The van der Waals surface area contributed by atoms with Gasteiger partial charge < -0.3 is 10.2 Å². The van der Waals surface area contributed by atoms with Crippen LogP contribution in [0.2, 0.25) is 0 Å². The fraction of sp³-hybridized carbons (Fsp3) is 0.722. The molecule has 1 amide bonds. The van der Waals surface area contributed by atoms with Crippen LogP contribution in [-0.2, 0) is 4.79 Å². The zero-order chi connectivity index (χ0) is 16.8. The molecular formula is C18H30N4O. The molecule has 0 aromatic carbocycles. The van der Waals surface area contributed by atoms with Crippen molar-refractivity contribution >= 4 is 11.9 Å². The SMILES string of the molecule is Cc1nc(N2CCCCCCC2)ncc1C(C)NC(=O)C(C)C. The minimum Gasteiger partial charge on any atom is -0.349 e. The summed E-state index contributed by atoms with van der Waals surface area (Å²) in [6.45, 7) is 9.87. The molecule has 2 rings (SSSR count). The van der Waals surface area contributed by atoms with E-state index in [-0.39, 0.29) is 17.9 Å². The molecule has 128 valence electrons. The summed E-state index contributed by atoms with van der Waals surface area (Å²) in [6.07, 6.45) is 8.25. The Morgan fingerprint density at radius 1 is 1.13 bits per heavy atom. The summed E-state index contributed by atoms with van der Waals surface area (Å²) in [6, 6.07) is -0.0636. The second kappa shape index (κ2) is 8.27. The number of rotatable bonds is 4. The number of aryl methyl sites for hydroxylation is 1. The van der Waals surface area contributed by atoms with Gasteiger partial charge in [0.15, 0.2) is 0 Å². The molecule has 1 aromatic rings. The quantitative estimate of drug-likeness (QED) is 0.924. The molecule has 1 atom stereocenters. The molecule has 1 unspecified atom stereocenters. The molecule has 5 heteroatoms. The average molecular weight is 318 g/mol. The molecule has 1 N–H and O–H groups in total. The summed E-state index contributed by atoms with van der Waals surface area (Å²) in [4.78, 5) is 23.4. The van der Waals surface area contributed by atoms with Gasteiger partial charge in [0.2, 0.25) is 11.9 Å². The second-order valence-electron chi connectivity index (χ2n) is 6.85. The second-order valence-corrected chi connectivity index (χ2v) is 6.85. The van der Waals surface area contributed by atoms with Gasteiger partial charge in [0.25, 0.3) is 0 Å². The van der Waals surface area contributed by atoms with Crippen LogP contribution in [0, 0.1) is 12.8 Å². The lowest BCUT2D eigenvalue weighted by molar-refractivity contribution is -0.124. The van der Waals surface area contributed by atoms with Crippen molar-refractivity contribution in [2.24, 2.45) is 5.92 Å². The van der Waals surface area contributed by atoms with E-state index in [1.807, 2.05) is 33.9 Å². The summed E-state index contributed by atoms with van der Waals surface area (Å²) < 4.78 is 0. The molecule has 1 saturated heterocycles. The largest absolute Gasteiger partial charge is 0.349 e. The number of aromatic nitrogens is 2. The van der Waals surface area contributed by atoms with Gasteiger partial charge in [-0.25, -0.2) is 9.97 Å². The lowest BCUT2D eigenvalue weighted by Gasteiger charge is -2.26. The van der Waals surface area contributed by atoms with Gasteiger partial charge in [-0.15, -0.1) is 0 Å². The highest BCUT2D eigenvalue weighted by Crippen LogP contribution is 2.20. The summed E-state index contributed by atoms with van der Waals surface area (Å²) in [5.74, 6) is 0.874. The average Bonchev–Trinajstić information content (AvgIpc) is 2.46. The Labute approximate surface area is 139 Å². The van der Waals surface area contributed by atoms with E-state index in [4.69, 9.17) is 4.98 Å². The third kappa shape index (κ3) is 4.91. The van der Waals surface area contributed by atoms with Gasteiger partial charge in [0.1, 0.15) is 0 Å². The van der Waals surface area contributed by atoms with Crippen molar-refractivity contribution in [1.82, 2.24) is 15.3 Å². The highest BCUT2D eigenvalue weighted by molar-refractivity contribution is 5.78. The minimum absolute atomic E-state index is 0.0148. The van der Waals surface area contributed by atoms with Crippen molar-refractivity contribution < 1.29 is 4.79 Å². The zero-order valence-electron chi connectivity index (χ0n) is 14.9. The normalized spacial score (nSPS) is 17.5. The van der Waals surface area contributed by atoms with Gasteiger partial charge in [-0.1, -0.05) is 33.1 Å². The van der Waals surface area contributed by atoms with Gasteiger partial charge in [-0.3, -0.25) is 4.79 Å². The summed E-state index contributed by atoms with van der Waals surface area (Å²) in [5, 5.41) is 3.02. The number of carbonyl (C=O) groups excluding carboxylic acids is 1. The molecule has 23 heavy (non-hydrogen) atoms. The van der Waals surface area contributed by atoms with Crippen molar-refractivity contribution in [3.63, 3.8) is 0 Å². The van der Waals surface area contributed by atoms with Gasteiger partial charge >= 0.3 is 0 Å². The summed E-state index contributed by atoms with van der Waals surface area (Å²) in [7, 11) is 0. The highest BCUT2D eigenvalue weighted by atomic mass is 16.1. The highest BCUT2D eigenvalue weighted by Gasteiger charge is 2.17. The van der Waals surface area contributed by atoms with Crippen LogP contribution >= 0.6 is 0 Å². The van der Waals surface area contributed by atoms with E-state index in [0.29, 0.717) is 0 Å². The van der Waals surface area contributed by atoms with Crippen molar-refractivity contribution in [2.45, 2.75) is 65.8 Å². The predicted molar refractivity (Wildman–Crippen MR) is 93.5 cm³/mol. The first-order valence-electron chi connectivity index (χ1n) is 8.88. The molecular weight excluding hydrogens is 288 g/mol. The van der Waals surface area contributed by atoms with Crippen molar-refractivity contribution in [2.75, 3.05) is 18.0 Å². The third-order valence-corrected chi connectivity index (χ3v) is 4.49. The minimum atomic E-state index is -0.0636. The molecule has 0 bridgehead atoms. The Hall–Kier alpha value is -1.65. The number of hydrogen-bond acceptors (Lipinski definition) is 4. The number of carbonyl (C=O) groups is 1. The zero-order valence-corrected chi connectivity index (χ0v) is 14.9. The van der Waals surface area contributed by atoms with E-state index in [9.17, 15) is 4.79 Å². The monoisotopic (exact) mass is 318 g/mol. The first-order valence-corrected chi connectivity index (χ1v) is 8.88. The first-order chi connectivity index (χ1) is 11.0. The lowest BCUT2D eigenvalue weighted by Crippen LogP contribution is -2.32. The smallest absolute Gasteiger partial charge is 0.225 e. The van der Waals surface area contributed by atoms with Crippen LogP contribution < -0.4 is 10.2 Å². The van der Waals surface area contributed by atoms with Crippen LogP contribution in [0.3, 0.4) is 0 Å². The Morgan fingerprint density at radius 3 is 2.30 bits per heavy atom. The molecule has 5 nitrogen and oxygen atoms in total. The molecule has 0 radical (unpaired) electrons. The summed E-state index contributed by atoms with van der Waals surface area (Å²) >= 11 is 0. The van der Waals surface area contributed by atoms with E-state index in [0.717, 1.165) is 30.3 Å². The standard InChI is InChI=1S/C18H30N4O/c1-13(2)17(23)20-14(3)16-12-19-18(21-15(16)4)22-10-8-6-5-7-9-11-22/h12-14H,5-11H2,1-4H3,(H,20,23). The maximum absolute atomic E-state index is 11.9. The van der Waals surface area contributed by atoms with Gasteiger partial charge in [0, 0.05) is 36.5 Å². The lowest BCUT2D eigenvalue weighted by atomic mass is 10.1. The molecule has 0 aliphatic carbocycles. The molecule has 0 saturated carbocycles. The Bertz CT molecular complexity index is 522. The van der Waals surface area contributed by atoms with E-state index in [2.05, 4.69) is 15.2 Å². The van der Waals surface area contributed by atoms with Gasteiger partial charge in [-0.2, -0.15) is 0 Å². The van der Waals surface area contributed by atoms with Crippen molar-refractivity contribution in [1.29, 1.82) is 0 Å². The van der Waals surface area contributed by atoms with E-state index in [1.165, 1.54) is 32.1 Å². The van der Waals surface area contributed by atoms with Crippen molar-refractivity contribution in [3.8, 4) is 0 Å².